The lowest BCUT2D eigenvalue weighted by Crippen LogP contribution is -2.21. The molecule has 0 bridgehead atoms. The molecule has 1 rings (SSSR count). The number of nitrogens with zero attached hydrogens (tertiary/aromatic N) is 2. The zero-order chi connectivity index (χ0) is 10.6. The Labute approximate surface area is 88.7 Å². The van der Waals surface area contributed by atoms with Crippen LogP contribution in [-0.2, 0) is 0 Å². The molecule has 0 aliphatic rings. The van der Waals surface area contributed by atoms with Crippen molar-refractivity contribution in [1.29, 1.82) is 5.26 Å². The van der Waals surface area contributed by atoms with Crippen molar-refractivity contribution < 1.29 is 0 Å². The number of rotatable bonds is 3. The number of nitriles is 1. The topological polar surface area (TPSA) is 48.7 Å². The average Bonchev–Trinajstić information content (AvgIpc) is 2.17. The minimum absolute atomic E-state index is 0.396. The Morgan fingerprint density at radius 1 is 1.64 bits per heavy atom. The first-order valence-electron chi connectivity index (χ1n) is 4.30. The Balaban J connectivity index is 2.64. The summed E-state index contributed by atoms with van der Waals surface area (Å²) in [7, 11) is 0. The molecular formula is C10H12ClN3. The van der Waals surface area contributed by atoms with Crippen LogP contribution in [-0.4, -0.2) is 11.5 Å². The summed E-state index contributed by atoms with van der Waals surface area (Å²) in [6.45, 7) is 4.30. The van der Waals surface area contributed by atoms with E-state index < -0.39 is 5.41 Å². The average molecular weight is 210 g/mol. The molecule has 0 unspecified atom stereocenters. The van der Waals surface area contributed by atoms with Crippen molar-refractivity contribution in [2.24, 2.45) is 5.41 Å². The molecule has 74 valence electrons. The normalized spacial score (nSPS) is 10.7. The van der Waals surface area contributed by atoms with Gasteiger partial charge in [-0.3, -0.25) is 4.98 Å². The Kier molecular flexibility index (Phi) is 3.32. The summed E-state index contributed by atoms with van der Waals surface area (Å²) < 4.78 is 0. The summed E-state index contributed by atoms with van der Waals surface area (Å²) in [5.41, 5.74) is 0.414. The van der Waals surface area contributed by atoms with Crippen molar-refractivity contribution in [3.8, 4) is 6.07 Å². The zero-order valence-corrected chi connectivity index (χ0v) is 8.97. The van der Waals surface area contributed by atoms with Crippen LogP contribution in [0.1, 0.15) is 13.8 Å². The molecule has 3 nitrogen and oxygen atoms in total. The first-order valence-corrected chi connectivity index (χ1v) is 4.67. The second-order valence-corrected chi connectivity index (χ2v) is 4.11. The summed E-state index contributed by atoms with van der Waals surface area (Å²) in [5.74, 6) is 0. The van der Waals surface area contributed by atoms with Gasteiger partial charge in [-0.25, -0.2) is 0 Å². The standard InChI is InChI=1S/C10H12ClN3/c1-10(2,6-12)7-14-9-3-4-13-5-8(9)11/h3-5H,7H2,1-2H3,(H,13,14). The van der Waals surface area contributed by atoms with Gasteiger partial charge in [0.05, 0.1) is 22.2 Å². The van der Waals surface area contributed by atoms with Crippen molar-refractivity contribution in [3.05, 3.63) is 23.5 Å². The van der Waals surface area contributed by atoms with Crippen molar-refractivity contribution in [2.75, 3.05) is 11.9 Å². The second kappa shape index (κ2) is 4.30. The van der Waals surface area contributed by atoms with Gasteiger partial charge in [-0.15, -0.1) is 0 Å². The van der Waals surface area contributed by atoms with Crippen molar-refractivity contribution in [2.45, 2.75) is 13.8 Å². The third-order valence-electron chi connectivity index (χ3n) is 1.80. The van der Waals surface area contributed by atoms with Crippen LogP contribution in [0.15, 0.2) is 18.5 Å². The van der Waals surface area contributed by atoms with E-state index in [1.54, 1.807) is 18.5 Å². The van der Waals surface area contributed by atoms with Gasteiger partial charge in [-0.1, -0.05) is 11.6 Å². The molecule has 14 heavy (non-hydrogen) atoms. The van der Waals surface area contributed by atoms with Gasteiger partial charge >= 0.3 is 0 Å². The molecule has 1 N–H and O–H groups in total. The SMILES string of the molecule is CC(C)(C#N)CNc1ccncc1Cl. The minimum atomic E-state index is -0.396. The fourth-order valence-electron chi connectivity index (χ4n) is 0.874. The molecule has 0 saturated carbocycles. The van der Waals surface area contributed by atoms with Gasteiger partial charge in [-0.2, -0.15) is 5.26 Å². The monoisotopic (exact) mass is 209 g/mol. The molecule has 0 fully saturated rings. The zero-order valence-electron chi connectivity index (χ0n) is 8.21. The van der Waals surface area contributed by atoms with E-state index in [4.69, 9.17) is 16.9 Å². The number of pyridine rings is 1. The van der Waals surface area contributed by atoms with E-state index >= 15 is 0 Å². The largest absolute Gasteiger partial charge is 0.382 e. The first-order chi connectivity index (χ1) is 6.55. The molecule has 0 radical (unpaired) electrons. The van der Waals surface area contributed by atoms with E-state index in [0.717, 1.165) is 5.69 Å². The Hall–Kier alpha value is -1.27. The maximum atomic E-state index is 8.81. The molecule has 0 aromatic carbocycles. The fraction of sp³-hybridized carbons (Fsp3) is 0.400. The summed E-state index contributed by atoms with van der Waals surface area (Å²) >= 11 is 5.89. The molecule has 0 saturated heterocycles. The van der Waals surface area contributed by atoms with Crippen LogP contribution in [0.4, 0.5) is 5.69 Å². The van der Waals surface area contributed by atoms with E-state index in [9.17, 15) is 0 Å². The van der Waals surface area contributed by atoms with Gasteiger partial charge < -0.3 is 5.32 Å². The van der Waals surface area contributed by atoms with E-state index in [0.29, 0.717) is 11.6 Å². The highest BCUT2D eigenvalue weighted by molar-refractivity contribution is 6.33. The quantitative estimate of drug-likeness (QED) is 0.833. The molecular weight excluding hydrogens is 198 g/mol. The summed E-state index contributed by atoms with van der Waals surface area (Å²) in [4.78, 5) is 3.87. The van der Waals surface area contributed by atoms with Gasteiger partial charge in [0.1, 0.15) is 0 Å². The smallest absolute Gasteiger partial charge is 0.0820 e. The maximum Gasteiger partial charge on any atom is 0.0820 e. The van der Waals surface area contributed by atoms with E-state index in [1.807, 2.05) is 13.8 Å². The maximum absolute atomic E-state index is 8.81. The molecule has 0 atom stereocenters. The van der Waals surface area contributed by atoms with Crippen LogP contribution in [0.5, 0.6) is 0 Å². The lowest BCUT2D eigenvalue weighted by Gasteiger charge is -2.17. The van der Waals surface area contributed by atoms with Gasteiger partial charge in [0, 0.05) is 18.9 Å². The lowest BCUT2D eigenvalue weighted by atomic mass is 9.96. The van der Waals surface area contributed by atoms with E-state index in [2.05, 4.69) is 16.4 Å². The molecule has 0 aliphatic heterocycles. The van der Waals surface area contributed by atoms with E-state index in [-0.39, 0.29) is 0 Å². The molecule has 0 amide bonds. The van der Waals surface area contributed by atoms with Crippen LogP contribution in [0, 0.1) is 16.7 Å². The number of nitrogens with one attached hydrogen (secondary N) is 1. The predicted molar refractivity (Wildman–Crippen MR) is 57.1 cm³/mol. The number of aromatic nitrogens is 1. The first kappa shape index (κ1) is 10.8. The third kappa shape index (κ3) is 2.90. The van der Waals surface area contributed by atoms with Gasteiger partial charge in [0.25, 0.3) is 0 Å². The number of halogens is 1. The highest BCUT2D eigenvalue weighted by atomic mass is 35.5. The predicted octanol–water partition coefficient (Wildman–Crippen LogP) is 2.70. The fourth-order valence-corrected chi connectivity index (χ4v) is 1.06. The van der Waals surface area contributed by atoms with Crippen LogP contribution in [0.2, 0.25) is 5.02 Å². The van der Waals surface area contributed by atoms with Crippen LogP contribution >= 0.6 is 11.6 Å². The summed E-state index contributed by atoms with van der Waals surface area (Å²) in [6.07, 6.45) is 3.23. The highest BCUT2D eigenvalue weighted by Gasteiger charge is 2.16. The Morgan fingerprint density at radius 2 is 2.36 bits per heavy atom. The summed E-state index contributed by atoms with van der Waals surface area (Å²) in [5, 5.41) is 12.5. The molecule has 1 aromatic rings. The van der Waals surface area contributed by atoms with Crippen LogP contribution in [0.3, 0.4) is 0 Å². The van der Waals surface area contributed by atoms with Gasteiger partial charge in [-0.05, 0) is 19.9 Å². The third-order valence-corrected chi connectivity index (χ3v) is 2.10. The number of hydrogen-bond acceptors (Lipinski definition) is 3. The Morgan fingerprint density at radius 3 is 2.93 bits per heavy atom. The minimum Gasteiger partial charge on any atom is -0.382 e. The van der Waals surface area contributed by atoms with Crippen molar-refractivity contribution in [3.63, 3.8) is 0 Å². The molecule has 1 heterocycles. The molecule has 0 aliphatic carbocycles. The van der Waals surface area contributed by atoms with Crippen molar-refractivity contribution in [1.82, 2.24) is 4.98 Å². The second-order valence-electron chi connectivity index (χ2n) is 3.70. The van der Waals surface area contributed by atoms with Crippen molar-refractivity contribution >= 4 is 17.3 Å². The lowest BCUT2D eigenvalue weighted by molar-refractivity contribution is 0.529. The Bertz CT molecular complexity index is 355. The summed E-state index contributed by atoms with van der Waals surface area (Å²) in [6, 6.07) is 4.00. The molecule has 0 spiro atoms. The van der Waals surface area contributed by atoms with Crippen LogP contribution < -0.4 is 5.32 Å². The number of hydrogen-bond donors (Lipinski definition) is 1. The van der Waals surface area contributed by atoms with Gasteiger partial charge in [0.15, 0.2) is 0 Å². The van der Waals surface area contributed by atoms with Gasteiger partial charge in [0.2, 0.25) is 0 Å². The number of anilines is 1. The molecule has 4 heteroatoms. The highest BCUT2D eigenvalue weighted by Crippen LogP contribution is 2.21. The molecule has 1 aromatic heterocycles. The van der Waals surface area contributed by atoms with Crippen LogP contribution in [0.25, 0.3) is 0 Å². The van der Waals surface area contributed by atoms with E-state index in [1.165, 1.54) is 0 Å².